The summed E-state index contributed by atoms with van der Waals surface area (Å²) in [6.45, 7) is 0.500. The first-order valence-corrected chi connectivity index (χ1v) is 6.36. The van der Waals surface area contributed by atoms with Gasteiger partial charge in [0.2, 0.25) is 0 Å². The van der Waals surface area contributed by atoms with Crippen LogP contribution in [0, 0.1) is 0 Å². The molecule has 3 rings (SSSR count). The molecule has 20 heavy (non-hydrogen) atoms. The van der Waals surface area contributed by atoms with Crippen molar-refractivity contribution in [3.8, 4) is 22.8 Å². The Kier molecular flexibility index (Phi) is 3.42. The number of rotatable bonds is 4. The molecule has 3 nitrogen and oxygen atoms in total. The quantitative estimate of drug-likeness (QED) is 0.768. The Hall–Kier alpha value is -2.68. The highest BCUT2D eigenvalue weighted by molar-refractivity contribution is 5.60. The summed E-state index contributed by atoms with van der Waals surface area (Å²) in [5.74, 6) is 1.56. The Morgan fingerprint density at radius 3 is 2.60 bits per heavy atom. The third-order valence-corrected chi connectivity index (χ3v) is 2.95. The second-order valence-corrected chi connectivity index (χ2v) is 4.47. The average molecular weight is 266 g/mol. The normalized spacial score (nSPS) is 10.4. The van der Waals surface area contributed by atoms with Gasteiger partial charge in [0.05, 0.1) is 0 Å². The summed E-state index contributed by atoms with van der Waals surface area (Å²) in [5, 5.41) is 9.46. The molecule has 0 amide bonds. The van der Waals surface area contributed by atoms with Gasteiger partial charge in [-0.25, -0.2) is 0 Å². The van der Waals surface area contributed by atoms with Crippen molar-refractivity contribution >= 4 is 0 Å². The monoisotopic (exact) mass is 266 g/mol. The van der Waals surface area contributed by atoms with E-state index in [1.807, 2.05) is 42.5 Å². The van der Waals surface area contributed by atoms with Crippen molar-refractivity contribution in [1.82, 2.24) is 0 Å². The van der Waals surface area contributed by atoms with E-state index in [-0.39, 0.29) is 5.75 Å². The van der Waals surface area contributed by atoms with Gasteiger partial charge in [-0.05, 0) is 17.7 Å². The molecular formula is C17H14O3. The zero-order valence-corrected chi connectivity index (χ0v) is 10.8. The number of benzene rings is 2. The summed E-state index contributed by atoms with van der Waals surface area (Å²) in [6.07, 6.45) is 1.57. The summed E-state index contributed by atoms with van der Waals surface area (Å²) >= 11 is 0. The molecule has 0 bridgehead atoms. The van der Waals surface area contributed by atoms with Crippen LogP contribution >= 0.6 is 0 Å². The zero-order valence-electron chi connectivity index (χ0n) is 10.8. The highest BCUT2D eigenvalue weighted by Crippen LogP contribution is 2.28. The number of phenolic OH excluding ortho intramolecular Hbond substituents is 1. The van der Waals surface area contributed by atoms with E-state index < -0.39 is 0 Å². The molecule has 2 aromatic carbocycles. The minimum atomic E-state index is 0.214. The number of aromatic hydroxyl groups is 1. The van der Waals surface area contributed by atoms with Crippen molar-refractivity contribution in [3.63, 3.8) is 0 Å². The Labute approximate surface area is 117 Å². The molecule has 0 aliphatic rings. The predicted molar refractivity (Wildman–Crippen MR) is 76.6 cm³/mol. The maximum Gasteiger partial charge on any atom is 0.158 e. The Morgan fingerprint density at radius 2 is 1.80 bits per heavy atom. The number of ether oxygens (including phenoxy) is 1. The van der Waals surface area contributed by atoms with Gasteiger partial charge in [0.25, 0.3) is 0 Å². The van der Waals surface area contributed by atoms with Crippen molar-refractivity contribution < 1.29 is 14.3 Å². The molecule has 1 N–H and O–H groups in total. The lowest BCUT2D eigenvalue weighted by atomic mass is 10.1. The van der Waals surface area contributed by atoms with E-state index >= 15 is 0 Å². The first kappa shape index (κ1) is 12.4. The first-order chi connectivity index (χ1) is 9.81. The van der Waals surface area contributed by atoms with Crippen LogP contribution in [0.1, 0.15) is 5.56 Å². The smallest absolute Gasteiger partial charge is 0.158 e. The lowest BCUT2D eigenvalue weighted by Gasteiger charge is -2.02. The molecule has 0 saturated carbocycles. The van der Waals surface area contributed by atoms with Gasteiger partial charge in [-0.15, -0.1) is 0 Å². The van der Waals surface area contributed by atoms with Gasteiger partial charge >= 0.3 is 0 Å². The van der Waals surface area contributed by atoms with Gasteiger partial charge in [0.15, 0.2) is 5.75 Å². The Bertz CT molecular complexity index is 686. The molecule has 0 spiro atoms. The zero-order chi connectivity index (χ0) is 13.8. The van der Waals surface area contributed by atoms with Crippen LogP contribution in [0.2, 0.25) is 0 Å². The second-order valence-electron chi connectivity index (χ2n) is 4.47. The molecule has 0 aliphatic heterocycles. The summed E-state index contributed by atoms with van der Waals surface area (Å²) in [6, 6.07) is 18.7. The van der Waals surface area contributed by atoms with Gasteiger partial charge in [-0.3, -0.25) is 0 Å². The maximum absolute atomic E-state index is 9.46. The van der Waals surface area contributed by atoms with Crippen LogP contribution in [0.4, 0.5) is 0 Å². The van der Waals surface area contributed by atoms with Crippen molar-refractivity contribution in [3.05, 3.63) is 72.5 Å². The van der Waals surface area contributed by atoms with Crippen LogP contribution in [-0.4, -0.2) is 5.11 Å². The molecular weight excluding hydrogens is 252 g/mol. The molecule has 0 atom stereocenters. The lowest BCUT2D eigenvalue weighted by Crippen LogP contribution is -1.93. The topological polar surface area (TPSA) is 42.6 Å². The molecule has 1 heterocycles. The van der Waals surface area contributed by atoms with Gasteiger partial charge < -0.3 is 14.3 Å². The first-order valence-electron chi connectivity index (χ1n) is 6.36. The van der Waals surface area contributed by atoms with E-state index in [1.165, 1.54) is 0 Å². The number of furan rings is 1. The largest absolute Gasteiger partial charge is 0.508 e. The molecule has 100 valence electrons. The van der Waals surface area contributed by atoms with Gasteiger partial charge in [-0.2, -0.15) is 0 Å². The summed E-state index contributed by atoms with van der Waals surface area (Å²) < 4.78 is 11.1. The minimum absolute atomic E-state index is 0.214. The standard InChI is InChI=1S/C17H14O3/c18-15-8-4-7-14(9-15)17-10-16(12-20-17)19-11-13-5-2-1-3-6-13/h1-10,12,18H,11H2. The van der Waals surface area contributed by atoms with Crippen LogP contribution in [-0.2, 0) is 6.61 Å². The van der Waals surface area contributed by atoms with E-state index in [4.69, 9.17) is 9.15 Å². The van der Waals surface area contributed by atoms with Gasteiger partial charge in [0, 0.05) is 11.6 Å². The molecule has 0 saturated heterocycles. The fraction of sp³-hybridized carbons (Fsp3) is 0.0588. The summed E-state index contributed by atoms with van der Waals surface area (Å²) in [7, 11) is 0. The fourth-order valence-corrected chi connectivity index (χ4v) is 1.95. The molecule has 3 heteroatoms. The molecule has 0 radical (unpaired) electrons. The molecule has 0 fully saturated rings. The van der Waals surface area contributed by atoms with Crippen LogP contribution in [0.5, 0.6) is 11.5 Å². The highest BCUT2D eigenvalue weighted by Gasteiger charge is 2.06. The third kappa shape index (κ3) is 2.83. The van der Waals surface area contributed by atoms with Crippen molar-refractivity contribution in [2.45, 2.75) is 6.61 Å². The Balaban J connectivity index is 1.71. The van der Waals surface area contributed by atoms with E-state index in [0.29, 0.717) is 18.1 Å². The SMILES string of the molecule is Oc1cccc(-c2cc(OCc3ccccc3)co2)c1. The number of phenols is 1. The van der Waals surface area contributed by atoms with Crippen LogP contribution in [0.3, 0.4) is 0 Å². The van der Waals surface area contributed by atoms with E-state index in [1.54, 1.807) is 24.5 Å². The Morgan fingerprint density at radius 1 is 0.950 bits per heavy atom. The average Bonchev–Trinajstić information content (AvgIpc) is 2.95. The predicted octanol–water partition coefficient (Wildman–Crippen LogP) is 4.23. The maximum atomic E-state index is 9.46. The third-order valence-electron chi connectivity index (χ3n) is 2.95. The second kappa shape index (κ2) is 5.53. The summed E-state index contributed by atoms with van der Waals surface area (Å²) in [4.78, 5) is 0. The summed E-state index contributed by atoms with van der Waals surface area (Å²) in [5.41, 5.74) is 1.92. The molecule has 0 aliphatic carbocycles. The van der Waals surface area contributed by atoms with Crippen molar-refractivity contribution in [1.29, 1.82) is 0 Å². The van der Waals surface area contributed by atoms with Crippen molar-refractivity contribution in [2.75, 3.05) is 0 Å². The number of hydrogen-bond donors (Lipinski definition) is 1. The van der Waals surface area contributed by atoms with Crippen LogP contribution < -0.4 is 4.74 Å². The van der Waals surface area contributed by atoms with E-state index in [2.05, 4.69) is 0 Å². The van der Waals surface area contributed by atoms with E-state index in [0.717, 1.165) is 11.1 Å². The molecule has 0 unspecified atom stereocenters. The van der Waals surface area contributed by atoms with E-state index in [9.17, 15) is 5.11 Å². The van der Waals surface area contributed by atoms with Crippen LogP contribution in [0.15, 0.2) is 71.3 Å². The minimum Gasteiger partial charge on any atom is -0.508 e. The van der Waals surface area contributed by atoms with Crippen LogP contribution in [0.25, 0.3) is 11.3 Å². The molecule has 1 aromatic heterocycles. The van der Waals surface area contributed by atoms with Crippen molar-refractivity contribution in [2.24, 2.45) is 0 Å². The number of hydrogen-bond acceptors (Lipinski definition) is 3. The van der Waals surface area contributed by atoms with Gasteiger partial charge in [-0.1, -0.05) is 42.5 Å². The molecule has 3 aromatic rings. The lowest BCUT2D eigenvalue weighted by molar-refractivity contribution is 0.302. The fourth-order valence-electron chi connectivity index (χ4n) is 1.95. The van der Waals surface area contributed by atoms with Gasteiger partial charge in [0.1, 0.15) is 24.4 Å². The highest BCUT2D eigenvalue weighted by atomic mass is 16.5.